The van der Waals surface area contributed by atoms with Crippen molar-refractivity contribution in [1.82, 2.24) is 14.8 Å². The summed E-state index contributed by atoms with van der Waals surface area (Å²) in [6, 6.07) is 2.22. The zero-order valence-corrected chi connectivity index (χ0v) is 15.8. The van der Waals surface area contributed by atoms with Crippen LogP contribution in [-0.2, 0) is 18.3 Å². The van der Waals surface area contributed by atoms with E-state index in [2.05, 4.69) is 36.8 Å². The number of hydrogen-bond donors (Lipinski definition) is 1. The van der Waals surface area contributed by atoms with E-state index in [4.69, 9.17) is 4.74 Å². The second kappa shape index (κ2) is 8.39. The van der Waals surface area contributed by atoms with Gasteiger partial charge in [-0.25, -0.2) is 4.79 Å². The fourth-order valence-corrected chi connectivity index (χ4v) is 2.44. The number of nitrogens with zero attached hydrogens (tertiary/aromatic N) is 2. The van der Waals surface area contributed by atoms with Gasteiger partial charge in [0, 0.05) is 38.1 Å². The zero-order valence-electron chi connectivity index (χ0n) is 15.8. The predicted molar refractivity (Wildman–Crippen MR) is 94.7 cm³/mol. The van der Waals surface area contributed by atoms with Gasteiger partial charge in [0.25, 0.3) is 0 Å². The molecule has 0 unspecified atom stereocenters. The van der Waals surface area contributed by atoms with E-state index >= 15 is 0 Å². The first-order chi connectivity index (χ1) is 10.7. The highest BCUT2D eigenvalue weighted by Crippen LogP contribution is 2.13. The maximum Gasteiger partial charge on any atom is 0.410 e. The molecule has 0 aliphatic rings. The first-order valence-corrected chi connectivity index (χ1v) is 8.46. The van der Waals surface area contributed by atoms with Gasteiger partial charge in [-0.3, -0.25) is 0 Å². The van der Waals surface area contributed by atoms with Crippen LogP contribution in [0.25, 0.3) is 0 Å². The molecule has 1 rings (SSSR count). The molecule has 0 fully saturated rings. The van der Waals surface area contributed by atoms with Crippen molar-refractivity contribution in [3.8, 4) is 0 Å². The van der Waals surface area contributed by atoms with Gasteiger partial charge in [-0.1, -0.05) is 0 Å². The van der Waals surface area contributed by atoms with E-state index in [0.29, 0.717) is 13.1 Å². The largest absolute Gasteiger partial charge is 0.444 e. The molecule has 0 aliphatic heterocycles. The smallest absolute Gasteiger partial charge is 0.410 e. The highest BCUT2D eigenvalue weighted by Gasteiger charge is 2.20. The van der Waals surface area contributed by atoms with Crippen LogP contribution in [0.1, 0.15) is 51.1 Å². The number of ether oxygens (including phenoxy) is 1. The number of rotatable bonds is 7. The summed E-state index contributed by atoms with van der Waals surface area (Å²) in [5.74, 6) is 0. The molecule has 0 saturated carbocycles. The van der Waals surface area contributed by atoms with Crippen molar-refractivity contribution in [2.45, 2.75) is 60.1 Å². The summed E-state index contributed by atoms with van der Waals surface area (Å²) in [5, 5.41) is 3.46. The van der Waals surface area contributed by atoms with Crippen molar-refractivity contribution < 1.29 is 9.53 Å². The third-order valence-corrected chi connectivity index (χ3v) is 4.01. The Balaban J connectivity index is 2.32. The monoisotopic (exact) mass is 323 g/mol. The van der Waals surface area contributed by atoms with Gasteiger partial charge in [0.1, 0.15) is 5.60 Å². The van der Waals surface area contributed by atoms with Crippen LogP contribution in [0.2, 0.25) is 0 Å². The molecule has 1 N–H and O–H groups in total. The third kappa shape index (κ3) is 6.26. The summed E-state index contributed by atoms with van der Waals surface area (Å²) in [4.78, 5) is 13.8. The highest BCUT2D eigenvalue weighted by atomic mass is 16.6. The van der Waals surface area contributed by atoms with Crippen LogP contribution in [0.15, 0.2) is 6.07 Å². The minimum Gasteiger partial charge on any atom is -0.444 e. The summed E-state index contributed by atoms with van der Waals surface area (Å²) >= 11 is 0. The second-order valence-corrected chi connectivity index (χ2v) is 7.05. The number of amides is 1. The Hall–Kier alpha value is -1.49. The Morgan fingerprint density at radius 3 is 2.48 bits per heavy atom. The van der Waals surface area contributed by atoms with Gasteiger partial charge >= 0.3 is 6.09 Å². The molecule has 5 nitrogen and oxygen atoms in total. The van der Waals surface area contributed by atoms with E-state index in [-0.39, 0.29) is 6.09 Å². The fourth-order valence-electron chi connectivity index (χ4n) is 2.44. The van der Waals surface area contributed by atoms with Crippen LogP contribution in [-0.4, -0.2) is 40.8 Å². The van der Waals surface area contributed by atoms with Crippen LogP contribution < -0.4 is 5.32 Å². The van der Waals surface area contributed by atoms with Gasteiger partial charge in [-0.05, 0) is 66.1 Å². The molecule has 1 aromatic heterocycles. The van der Waals surface area contributed by atoms with Gasteiger partial charge < -0.3 is 19.5 Å². The van der Waals surface area contributed by atoms with E-state index in [1.165, 1.54) is 17.0 Å². The molecule has 0 radical (unpaired) electrons. The standard InChI is InChI=1S/C18H33N3O2/c1-8-21(17(22)23-18(4,5)6)11-9-10-19-13-16-12-14(2)20(7)15(16)3/h12,19H,8-11,13H2,1-7H3. The van der Waals surface area contributed by atoms with Crippen LogP contribution in [0, 0.1) is 13.8 Å². The average Bonchev–Trinajstić information content (AvgIpc) is 2.68. The van der Waals surface area contributed by atoms with Crippen LogP contribution in [0.3, 0.4) is 0 Å². The summed E-state index contributed by atoms with van der Waals surface area (Å²) < 4.78 is 7.62. The van der Waals surface area contributed by atoms with Crippen LogP contribution in [0.4, 0.5) is 4.79 Å². The van der Waals surface area contributed by atoms with Crippen molar-refractivity contribution in [3.63, 3.8) is 0 Å². The Morgan fingerprint density at radius 2 is 2.00 bits per heavy atom. The molecule has 1 aromatic rings. The zero-order chi connectivity index (χ0) is 17.6. The fraction of sp³-hybridized carbons (Fsp3) is 0.722. The SMILES string of the molecule is CCN(CCCNCc1cc(C)n(C)c1C)C(=O)OC(C)(C)C. The Labute approximate surface area is 141 Å². The topological polar surface area (TPSA) is 46.5 Å². The number of aryl methyl sites for hydroxylation is 1. The average molecular weight is 323 g/mol. The van der Waals surface area contributed by atoms with Crippen molar-refractivity contribution >= 4 is 6.09 Å². The number of aromatic nitrogens is 1. The van der Waals surface area contributed by atoms with Gasteiger partial charge in [0.15, 0.2) is 0 Å². The van der Waals surface area contributed by atoms with Crippen molar-refractivity contribution in [3.05, 3.63) is 23.0 Å². The Bertz CT molecular complexity index is 515. The molecule has 0 atom stereocenters. The number of carbonyl (C=O) groups is 1. The van der Waals surface area contributed by atoms with Crippen molar-refractivity contribution in [2.24, 2.45) is 7.05 Å². The molecule has 5 heteroatoms. The first kappa shape index (κ1) is 19.6. The van der Waals surface area contributed by atoms with E-state index in [9.17, 15) is 4.79 Å². The van der Waals surface area contributed by atoms with E-state index in [0.717, 1.165) is 19.5 Å². The second-order valence-electron chi connectivity index (χ2n) is 7.05. The lowest BCUT2D eigenvalue weighted by Crippen LogP contribution is -2.38. The summed E-state index contributed by atoms with van der Waals surface area (Å²) in [5.41, 5.74) is 3.48. The lowest BCUT2D eigenvalue weighted by Gasteiger charge is -2.26. The molecule has 1 heterocycles. The molecule has 0 spiro atoms. The summed E-state index contributed by atoms with van der Waals surface area (Å²) in [7, 11) is 2.09. The third-order valence-electron chi connectivity index (χ3n) is 4.01. The van der Waals surface area contributed by atoms with Crippen LogP contribution >= 0.6 is 0 Å². The van der Waals surface area contributed by atoms with Crippen molar-refractivity contribution in [1.29, 1.82) is 0 Å². The highest BCUT2D eigenvalue weighted by molar-refractivity contribution is 5.68. The molecule has 0 bridgehead atoms. The van der Waals surface area contributed by atoms with Crippen molar-refractivity contribution in [2.75, 3.05) is 19.6 Å². The van der Waals surface area contributed by atoms with Gasteiger partial charge in [0.05, 0.1) is 0 Å². The van der Waals surface area contributed by atoms with E-state index < -0.39 is 5.60 Å². The maximum absolute atomic E-state index is 12.0. The molecule has 23 heavy (non-hydrogen) atoms. The molecular weight excluding hydrogens is 290 g/mol. The summed E-state index contributed by atoms with van der Waals surface area (Å²) in [6.45, 7) is 15.1. The first-order valence-electron chi connectivity index (χ1n) is 8.46. The quantitative estimate of drug-likeness (QED) is 0.783. The minimum absolute atomic E-state index is 0.227. The van der Waals surface area contributed by atoms with Crippen LogP contribution in [0.5, 0.6) is 0 Å². The predicted octanol–water partition coefficient (Wildman–Crippen LogP) is 3.38. The minimum atomic E-state index is -0.439. The molecule has 0 saturated heterocycles. The van der Waals surface area contributed by atoms with Gasteiger partial charge in [0.2, 0.25) is 0 Å². The Kier molecular flexibility index (Phi) is 7.13. The molecule has 132 valence electrons. The molecule has 0 aliphatic carbocycles. The maximum atomic E-state index is 12.0. The Morgan fingerprint density at radius 1 is 1.35 bits per heavy atom. The van der Waals surface area contributed by atoms with E-state index in [1.807, 2.05) is 27.7 Å². The molecular formula is C18H33N3O2. The number of hydrogen-bond acceptors (Lipinski definition) is 3. The summed E-state index contributed by atoms with van der Waals surface area (Å²) in [6.07, 6.45) is 0.687. The lowest BCUT2D eigenvalue weighted by molar-refractivity contribution is 0.0258. The normalized spacial score (nSPS) is 11.6. The lowest BCUT2D eigenvalue weighted by atomic mass is 10.2. The number of carbonyl (C=O) groups excluding carboxylic acids is 1. The van der Waals surface area contributed by atoms with E-state index in [1.54, 1.807) is 4.90 Å². The van der Waals surface area contributed by atoms with Gasteiger partial charge in [-0.15, -0.1) is 0 Å². The van der Waals surface area contributed by atoms with Gasteiger partial charge in [-0.2, -0.15) is 0 Å². The molecule has 0 aromatic carbocycles. The molecule has 1 amide bonds. The number of nitrogens with one attached hydrogen (secondary N) is 1.